The molecule has 1 aromatic rings. The molecule has 0 heterocycles. The molecule has 0 aliphatic rings. The van der Waals surface area contributed by atoms with E-state index in [1.807, 2.05) is 22.6 Å². The minimum Gasteiger partial charge on any atom is -0.206 e. The molecule has 11 heavy (non-hydrogen) atoms. The monoisotopic (exact) mass is 380 g/mol. The lowest BCUT2D eigenvalue weighted by Gasteiger charge is -2.02. The molecule has 4 heteroatoms. The maximum absolute atomic E-state index is 13.0. The van der Waals surface area contributed by atoms with Crippen molar-refractivity contribution in [1.82, 2.24) is 0 Å². The van der Waals surface area contributed by atoms with Gasteiger partial charge in [0.25, 0.3) is 0 Å². The van der Waals surface area contributed by atoms with Gasteiger partial charge in [-0.15, -0.1) is 0 Å². The van der Waals surface area contributed by atoms with E-state index < -0.39 is 11.6 Å². The van der Waals surface area contributed by atoms with E-state index in [1.165, 1.54) is 6.07 Å². The van der Waals surface area contributed by atoms with Gasteiger partial charge in [0.1, 0.15) is 11.6 Å². The summed E-state index contributed by atoms with van der Waals surface area (Å²) in [5.74, 6) is -0.937. The van der Waals surface area contributed by atoms with Gasteiger partial charge in [-0.2, -0.15) is 0 Å². The summed E-state index contributed by atoms with van der Waals surface area (Å²) in [7, 11) is 0. The summed E-state index contributed by atoms with van der Waals surface area (Å²) in [5, 5.41) is 0. The summed E-state index contributed by atoms with van der Waals surface area (Å²) in [6.07, 6.45) is 0. The van der Waals surface area contributed by atoms with Gasteiger partial charge in [0.05, 0.1) is 3.57 Å². The molecule has 0 bridgehead atoms. The van der Waals surface area contributed by atoms with E-state index >= 15 is 0 Å². The molecule has 0 fully saturated rings. The first-order valence-electron chi connectivity index (χ1n) is 2.83. The van der Waals surface area contributed by atoms with Gasteiger partial charge in [-0.25, -0.2) is 8.78 Å². The molecule has 0 aliphatic heterocycles. The topological polar surface area (TPSA) is 0 Å². The Morgan fingerprint density at radius 2 is 1.82 bits per heavy atom. The van der Waals surface area contributed by atoms with Crippen LogP contribution in [0.15, 0.2) is 6.07 Å². The fourth-order valence-electron chi connectivity index (χ4n) is 0.657. The van der Waals surface area contributed by atoms with E-state index in [-0.39, 0.29) is 3.57 Å². The lowest BCUT2D eigenvalue weighted by atomic mass is 10.2. The van der Waals surface area contributed by atoms with Crippen LogP contribution in [0.2, 0.25) is 0 Å². The third-order valence-electron chi connectivity index (χ3n) is 1.34. The summed E-state index contributed by atoms with van der Waals surface area (Å²) in [6, 6.07) is 1.33. The zero-order valence-corrected chi connectivity index (χ0v) is 9.90. The second-order valence-corrected chi connectivity index (χ2v) is 4.33. The standard InChI is InChI=1S/C7H4F2I2/c1-3-5(10)2-4(8)7(11)6(3)9/h2H,1H3. The number of hydrogen-bond donors (Lipinski definition) is 0. The highest BCUT2D eigenvalue weighted by Crippen LogP contribution is 2.22. The first-order valence-corrected chi connectivity index (χ1v) is 4.99. The molecule has 1 aromatic carbocycles. The van der Waals surface area contributed by atoms with Crippen molar-refractivity contribution in [3.8, 4) is 0 Å². The molecular formula is C7H4F2I2. The molecule has 0 saturated carbocycles. The Bertz CT molecular complexity index is 271. The van der Waals surface area contributed by atoms with Crippen LogP contribution < -0.4 is 0 Å². The fraction of sp³-hybridized carbons (Fsp3) is 0.143. The van der Waals surface area contributed by atoms with Crippen LogP contribution in [0.25, 0.3) is 0 Å². The zero-order chi connectivity index (χ0) is 8.59. The lowest BCUT2D eigenvalue weighted by molar-refractivity contribution is 0.562. The Labute approximate surface area is 90.7 Å². The Morgan fingerprint density at radius 1 is 1.27 bits per heavy atom. The van der Waals surface area contributed by atoms with Crippen molar-refractivity contribution in [2.24, 2.45) is 0 Å². The number of hydrogen-bond acceptors (Lipinski definition) is 0. The second kappa shape index (κ2) is 3.51. The molecule has 60 valence electrons. The zero-order valence-electron chi connectivity index (χ0n) is 5.59. The van der Waals surface area contributed by atoms with Gasteiger partial charge < -0.3 is 0 Å². The molecule has 0 aliphatic carbocycles. The highest BCUT2D eigenvalue weighted by molar-refractivity contribution is 14.1. The van der Waals surface area contributed by atoms with Crippen LogP contribution in [0.4, 0.5) is 8.78 Å². The van der Waals surface area contributed by atoms with Gasteiger partial charge >= 0.3 is 0 Å². The van der Waals surface area contributed by atoms with Crippen LogP contribution in [0.3, 0.4) is 0 Å². The number of rotatable bonds is 0. The fourth-order valence-corrected chi connectivity index (χ4v) is 1.73. The summed E-state index contributed by atoms with van der Waals surface area (Å²) >= 11 is 3.57. The molecule has 0 amide bonds. The average molecular weight is 380 g/mol. The highest BCUT2D eigenvalue weighted by Gasteiger charge is 2.11. The number of benzene rings is 1. The summed E-state index contributed by atoms with van der Waals surface area (Å²) in [6.45, 7) is 1.64. The van der Waals surface area contributed by atoms with Crippen LogP contribution in [-0.4, -0.2) is 0 Å². The van der Waals surface area contributed by atoms with Gasteiger partial charge in [0.15, 0.2) is 0 Å². The maximum Gasteiger partial charge on any atom is 0.143 e. The van der Waals surface area contributed by atoms with Crippen molar-refractivity contribution in [2.75, 3.05) is 0 Å². The molecule has 0 radical (unpaired) electrons. The quantitative estimate of drug-likeness (QED) is 0.368. The highest BCUT2D eigenvalue weighted by atomic mass is 127. The van der Waals surface area contributed by atoms with Crippen molar-refractivity contribution in [3.05, 3.63) is 30.4 Å². The molecule has 0 N–H and O–H groups in total. The van der Waals surface area contributed by atoms with E-state index in [9.17, 15) is 8.78 Å². The van der Waals surface area contributed by atoms with E-state index in [2.05, 4.69) is 0 Å². The molecule has 0 saturated heterocycles. The predicted octanol–water partition coefficient (Wildman–Crippen LogP) is 3.48. The smallest absolute Gasteiger partial charge is 0.143 e. The summed E-state index contributed by atoms with van der Waals surface area (Å²) in [4.78, 5) is 0. The van der Waals surface area contributed by atoms with Crippen molar-refractivity contribution < 1.29 is 8.78 Å². The van der Waals surface area contributed by atoms with Crippen molar-refractivity contribution in [2.45, 2.75) is 6.92 Å². The van der Waals surface area contributed by atoms with Crippen LogP contribution in [0.1, 0.15) is 5.56 Å². The predicted molar refractivity (Wildman–Crippen MR) is 56.5 cm³/mol. The summed E-state index contributed by atoms with van der Waals surface area (Å²) in [5.41, 5.74) is 0.511. The molecule has 0 aromatic heterocycles. The number of halogens is 4. The van der Waals surface area contributed by atoms with Gasteiger partial charge in [-0.1, -0.05) is 0 Å². The summed E-state index contributed by atoms with van der Waals surface area (Å²) < 4.78 is 26.5. The average Bonchev–Trinajstić information content (AvgIpc) is 1.97. The third-order valence-corrected chi connectivity index (χ3v) is 3.45. The first kappa shape index (κ1) is 9.63. The first-order chi connectivity index (χ1) is 5.04. The van der Waals surface area contributed by atoms with E-state index in [0.29, 0.717) is 9.13 Å². The van der Waals surface area contributed by atoms with Crippen LogP contribution in [0.5, 0.6) is 0 Å². The minimum atomic E-state index is -0.488. The SMILES string of the molecule is Cc1c(I)cc(F)c(I)c1F. The second-order valence-electron chi connectivity index (χ2n) is 2.09. The van der Waals surface area contributed by atoms with Gasteiger partial charge in [-0.3, -0.25) is 0 Å². The van der Waals surface area contributed by atoms with Crippen molar-refractivity contribution in [1.29, 1.82) is 0 Å². The van der Waals surface area contributed by atoms with Crippen LogP contribution in [-0.2, 0) is 0 Å². The molecule has 1 rings (SSSR count). The van der Waals surface area contributed by atoms with Crippen molar-refractivity contribution >= 4 is 45.2 Å². The molecule has 0 unspecified atom stereocenters. The van der Waals surface area contributed by atoms with E-state index in [0.717, 1.165) is 0 Å². The molecule has 0 atom stereocenters. The maximum atomic E-state index is 13.0. The van der Waals surface area contributed by atoms with Crippen LogP contribution >= 0.6 is 45.2 Å². The van der Waals surface area contributed by atoms with Gasteiger partial charge in [0.2, 0.25) is 0 Å². The van der Waals surface area contributed by atoms with Gasteiger partial charge in [-0.05, 0) is 63.7 Å². The lowest BCUT2D eigenvalue weighted by Crippen LogP contribution is -1.95. The van der Waals surface area contributed by atoms with Crippen LogP contribution in [0, 0.1) is 25.7 Å². The Balaban J connectivity index is 3.46. The Kier molecular flexibility index (Phi) is 3.07. The van der Waals surface area contributed by atoms with E-state index in [4.69, 9.17) is 0 Å². The van der Waals surface area contributed by atoms with Gasteiger partial charge in [0, 0.05) is 3.57 Å². The molecule has 0 spiro atoms. The minimum absolute atomic E-state index is 0.0699. The van der Waals surface area contributed by atoms with E-state index in [1.54, 1.807) is 29.5 Å². The third kappa shape index (κ3) is 1.82. The Hall–Kier alpha value is 0.540. The molecule has 0 nitrogen and oxygen atoms in total. The Morgan fingerprint density at radius 3 is 2.36 bits per heavy atom. The molecular weight excluding hydrogens is 376 g/mol. The normalized spacial score (nSPS) is 10.3. The van der Waals surface area contributed by atoms with Crippen molar-refractivity contribution in [3.63, 3.8) is 0 Å². The largest absolute Gasteiger partial charge is 0.206 e.